The van der Waals surface area contributed by atoms with Crippen molar-refractivity contribution in [3.8, 4) is 0 Å². The highest BCUT2D eigenvalue weighted by molar-refractivity contribution is 5.94. The number of benzene rings is 1. The number of anilines is 1. The number of carbonyl (C=O) groups excluding carboxylic acids is 1. The van der Waals surface area contributed by atoms with E-state index in [0.717, 1.165) is 41.1 Å². The highest BCUT2D eigenvalue weighted by atomic mass is 16.1. The Bertz CT molecular complexity index is 478. The summed E-state index contributed by atoms with van der Waals surface area (Å²) in [7, 11) is 0. The van der Waals surface area contributed by atoms with E-state index in [0.29, 0.717) is 0 Å². The smallest absolute Gasteiger partial charge is 0.251 e. The molecule has 2 aliphatic carbocycles. The molecular weight excluding hydrogens is 236 g/mol. The molecule has 19 heavy (non-hydrogen) atoms. The van der Waals surface area contributed by atoms with Crippen LogP contribution in [0.15, 0.2) is 18.2 Å². The van der Waals surface area contributed by atoms with Gasteiger partial charge in [0.2, 0.25) is 0 Å². The van der Waals surface area contributed by atoms with Gasteiger partial charge >= 0.3 is 0 Å². The second-order valence-electron chi connectivity index (χ2n) is 6.12. The van der Waals surface area contributed by atoms with E-state index in [4.69, 9.17) is 5.73 Å². The van der Waals surface area contributed by atoms with Crippen molar-refractivity contribution < 1.29 is 4.79 Å². The summed E-state index contributed by atoms with van der Waals surface area (Å²) < 4.78 is 0. The Morgan fingerprint density at radius 2 is 1.95 bits per heavy atom. The van der Waals surface area contributed by atoms with Crippen LogP contribution < -0.4 is 11.1 Å². The Hall–Kier alpha value is -1.51. The van der Waals surface area contributed by atoms with E-state index in [-0.39, 0.29) is 5.91 Å². The number of aryl methyl sites for hydroxylation is 1. The summed E-state index contributed by atoms with van der Waals surface area (Å²) in [5.41, 5.74) is 8.20. The lowest BCUT2D eigenvalue weighted by Crippen LogP contribution is -2.31. The van der Waals surface area contributed by atoms with E-state index < -0.39 is 0 Å². The SMILES string of the molecule is Cc1cc(C(=O)NCC(C2CC2)C2CC2)ccc1N. The molecule has 0 spiro atoms. The molecular formula is C16H22N2O. The number of nitrogens with two attached hydrogens (primary N) is 1. The number of hydrogen-bond donors (Lipinski definition) is 2. The molecule has 0 radical (unpaired) electrons. The van der Waals surface area contributed by atoms with Crippen molar-refractivity contribution in [3.63, 3.8) is 0 Å². The standard InChI is InChI=1S/C16H22N2O/c1-10-8-13(6-7-15(10)17)16(19)18-9-14(11-2-3-11)12-4-5-12/h6-8,11-12,14H,2-5,9,17H2,1H3,(H,18,19). The van der Waals surface area contributed by atoms with Gasteiger partial charge in [0.1, 0.15) is 0 Å². The van der Waals surface area contributed by atoms with Crippen LogP contribution in [0, 0.1) is 24.7 Å². The van der Waals surface area contributed by atoms with E-state index >= 15 is 0 Å². The van der Waals surface area contributed by atoms with Crippen molar-refractivity contribution in [2.75, 3.05) is 12.3 Å². The topological polar surface area (TPSA) is 55.1 Å². The molecule has 3 N–H and O–H groups in total. The summed E-state index contributed by atoms with van der Waals surface area (Å²) in [6, 6.07) is 5.48. The van der Waals surface area contributed by atoms with Gasteiger partial charge in [-0.05, 0) is 74.1 Å². The lowest BCUT2D eigenvalue weighted by atomic mass is 9.98. The van der Waals surface area contributed by atoms with Gasteiger partial charge in [0.15, 0.2) is 0 Å². The first-order valence-corrected chi connectivity index (χ1v) is 7.29. The van der Waals surface area contributed by atoms with Crippen LogP contribution in [0.25, 0.3) is 0 Å². The molecule has 3 heteroatoms. The van der Waals surface area contributed by atoms with Crippen LogP contribution in [0.5, 0.6) is 0 Å². The summed E-state index contributed by atoms with van der Waals surface area (Å²) in [5.74, 6) is 2.51. The summed E-state index contributed by atoms with van der Waals surface area (Å²) >= 11 is 0. The lowest BCUT2D eigenvalue weighted by molar-refractivity contribution is 0.0943. The fraction of sp³-hybridized carbons (Fsp3) is 0.562. The highest BCUT2D eigenvalue weighted by Gasteiger charge is 2.41. The normalized spacial score (nSPS) is 18.6. The first kappa shape index (κ1) is 12.5. The van der Waals surface area contributed by atoms with Crippen LogP contribution in [0.3, 0.4) is 0 Å². The number of rotatable bonds is 5. The Balaban J connectivity index is 1.59. The van der Waals surface area contributed by atoms with Crippen molar-refractivity contribution in [3.05, 3.63) is 29.3 Å². The molecule has 0 atom stereocenters. The van der Waals surface area contributed by atoms with Crippen LogP contribution in [0.2, 0.25) is 0 Å². The fourth-order valence-electron chi connectivity index (χ4n) is 2.90. The van der Waals surface area contributed by atoms with Gasteiger partial charge < -0.3 is 11.1 Å². The first-order valence-electron chi connectivity index (χ1n) is 7.29. The summed E-state index contributed by atoms with van der Waals surface area (Å²) in [6.45, 7) is 2.78. The molecule has 2 aliphatic rings. The van der Waals surface area contributed by atoms with Crippen LogP contribution in [-0.2, 0) is 0 Å². The van der Waals surface area contributed by atoms with Crippen molar-refractivity contribution in [2.24, 2.45) is 17.8 Å². The summed E-state index contributed by atoms with van der Waals surface area (Å²) in [5, 5.41) is 3.11. The molecule has 1 amide bonds. The average Bonchev–Trinajstić information content (AvgIpc) is 3.26. The summed E-state index contributed by atoms with van der Waals surface area (Å²) in [4.78, 5) is 12.1. The average molecular weight is 258 g/mol. The third kappa shape index (κ3) is 2.91. The van der Waals surface area contributed by atoms with Gasteiger partial charge in [-0.25, -0.2) is 0 Å². The largest absolute Gasteiger partial charge is 0.399 e. The second kappa shape index (κ2) is 4.87. The number of nitrogen functional groups attached to an aromatic ring is 1. The van der Waals surface area contributed by atoms with Gasteiger partial charge in [0.25, 0.3) is 5.91 Å². The molecule has 1 aromatic carbocycles. The van der Waals surface area contributed by atoms with Crippen molar-refractivity contribution >= 4 is 11.6 Å². The van der Waals surface area contributed by atoms with Gasteiger partial charge in [-0.3, -0.25) is 4.79 Å². The van der Waals surface area contributed by atoms with Gasteiger partial charge in [-0.1, -0.05) is 0 Å². The monoisotopic (exact) mass is 258 g/mol. The first-order chi connectivity index (χ1) is 9.15. The number of hydrogen-bond acceptors (Lipinski definition) is 2. The highest BCUT2D eigenvalue weighted by Crippen LogP contribution is 2.48. The molecule has 0 bridgehead atoms. The van der Waals surface area contributed by atoms with Gasteiger partial charge in [-0.15, -0.1) is 0 Å². The minimum Gasteiger partial charge on any atom is -0.399 e. The minimum atomic E-state index is 0.0365. The lowest BCUT2D eigenvalue weighted by Gasteiger charge is -2.16. The molecule has 0 aliphatic heterocycles. The Labute approximate surface area is 114 Å². The third-order valence-electron chi connectivity index (χ3n) is 4.49. The molecule has 2 fully saturated rings. The van der Waals surface area contributed by atoms with Crippen LogP contribution in [0.1, 0.15) is 41.6 Å². The molecule has 2 saturated carbocycles. The van der Waals surface area contributed by atoms with Crippen molar-refractivity contribution in [1.29, 1.82) is 0 Å². The van der Waals surface area contributed by atoms with E-state index in [9.17, 15) is 4.79 Å². The van der Waals surface area contributed by atoms with E-state index in [1.165, 1.54) is 25.7 Å². The number of carbonyl (C=O) groups is 1. The Kier molecular flexibility index (Phi) is 3.21. The zero-order valence-electron chi connectivity index (χ0n) is 11.5. The molecule has 0 aromatic heterocycles. The van der Waals surface area contributed by atoms with E-state index in [1.807, 2.05) is 19.1 Å². The van der Waals surface area contributed by atoms with Gasteiger partial charge in [0.05, 0.1) is 0 Å². The minimum absolute atomic E-state index is 0.0365. The molecule has 0 heterocycles. The van der Waals surface area contributed by atoms with E-state index in [2.05, 4.69) is 5.32 Å². The van der Waals surface area contributed by atoms with Crippen LogP contribution in [-0.4, -0.2) is 12.5 Å². The van der Waals surface area contributed by atoms with Crippen molar-refractivity contribution in [2.45, 2.75) is 32.6 Å². The number of nitrogens with one attached hydrogen (secondary N) is 1. The molecule has 3 nitrogen and oxygen atoms in total. The Morgan fingerprint density at radius 3 is 2.47 bits per heavy atom. The maximum absolute atomic E-state index is 12.1. The second-order valence-corrected chi connectivity index (χ2v) is 6.12. The zero-order valence-corrected chi connectivity index (χ0v) is 11.5. The third-order valence-corrected chi connectivity index (χ3v) is 4.49. The molecule has 0 saturated heterocycles. The fourth-order valence-corrected chi connectivity index (χ4v) is 2.90. The molecule has 1 aromatic rings. The molecule has 102 valence electrons. The number of amides is 1. The molecule has 0 unspecified atom stereocenters. The predicted octanol–water partition coefficient (Wildman–Crippen LogP) is 2.74. The quantitative estimate of drug-likeness (QED) is 0.798. The Morgan fingerprint density at radius 1 is 1.32 bits per heavy atom. The van der Waals surface area contributed by atoms with E-state index in [1.54, 1.807) is 6.07 Å². The van der Waals surface area contributed by atoms with Gasteiger partial charge in [-0.2, -0.15) is 0 Å². The zero-order chi connectivity index (χ0) is 13.4. The van der Waals surface area contributed by atoms with Gasteiger partial charge in [0, 0.05) is 17.8 Å². The maximum atomic E-state index is 12.1. The predicted molar refractivity (Wildman–Crippen MR) is 76.9 cm³/mol. The van der Waals surface area contributed by atoms with Crippen LogP contribution >= 0.6 is 0 Å². The molecule has 3 rings (SSSR count). The summed E-state index contributed by atoms with van der Waals surface area (Å²) in [6.07, 6.45) is 5.44. The van der Waals surface area contributed by atoms with Crippen molar-refractivity contribution in [1.82, 2.24) is 5.32 Å². The maximum Gasteiger partial charge on any atom is 0.251 e. The van der Waals surface area contributed by atoms with Crippen LogP contribution in [0.4, 0.5) is 5.69 Å².